The fourth-order valence-corrected chi connectivity index (χ4v) is 3.82. The summed E-state index contributed by atoms with van der Waals surface area (Å²) in [6.45, 7) is 5.13. The largest absolute Gasteiger partial charge is 0.380 e. The van der Waals surface area contributed by atoms with Gasteiger partial charge in [-0.3, -0.25) is 4.90 Å². The first-order valence-corrected chi connectivity index (χ1v) is 8.96. The maximum atomic E-state index is 13.1. The van der Waals surface area contributed by atoms with E-state index in [9.17, 15) is 4.39 Å². The molecule has 24 heavy (non-hydrogen) atoms. The Labute approximate surface area is 144 Å². The van der Waals surface area contributed by atoms with Gasteiger partial charge in [0.25, 0.3) is 0 Å². The zero-order chi connectivity index (χ0) is 16.9. The van der Waals surface area contributed by atoms with Crippen LogP contribution in [0.1, 0.15) is 18.4 Å². The van der Waals surface area contributed by atoms with Crippen molar-refractivity contribution in [2.75, 3.05) is 47.0 Å². The minimum absolute atomic E-state index is 0.172. The number of halogens is 1. The second kappa shape index (κ2) is 8.39. The molecule has 0 aromatic heterocycles. The van der Waals surface area contributed by atoms with E-state index in [0.29, 0.717) is 12.0 Å². The van der Waals surface area contributed by atoms with Crippen molar-refractivity contribution in [2.24, 2.45) is 5.92 Å². The lowest BCUT2D eigenvalue weighted by molar-refractivity contribution is -0.0883. The van der Waals surface area contributed by atoms with Crippen molar-refractivity contribution in [3.63, 3.8) is 0 Å². The molecule has 0 bridgehead atoms. The van der Waals surface area contributed by atoms with E-state index in [-0.39, 0.29) is 11.9 Å². The first-order chi connectivity index (χ1) is 11.6. The van der Waals surface area contributed by atoms with E-state index >= 15 is 0 Å². The van der Waals surface area contributed by atoms with E-state index in [0.717, 1.165) is 52.3 Å². The second-order valence-corrected chi connectivity index (χ2v) is 7.22. The molecule has 2 fully saturated rings. The molecule has 4 nitrogen and oxygen atoms in total. The topological polar surface area (TPSA) is 24.9 Å². The summed E-state index contributed by atoms with van der Waals surface area (Å²) in [5.41, 5.74) is 1.17. The van der Waals surface area contributed by atoms with Gasteiger partial charge in [-0.25, -0.2) is 4.39 Å². The van der Waals surface area contributed by atoms with Crippen LogP contribution in [0.2, 0.25) is 0 Å². The number of morpholine rings is 1. The third kappa shape index (κ3) is 4.54. The van der Waals surface area contributed by atoms with Gasteiger partial charge in [-0.1, -0.05) is 12.1 Å². The molecule has 0 unspecified atom stereocenters. The van der Waals surface area contributed by atoms with Crippen molar-refractivity contribution in [1.82, 2.24) is 9.80 Å². The SMILES string of the molecule is CN(C)CCOC[C@@H]1CC[C@@H]2[C@H]1OCCN2Cc1ccc(F)cc1. The lowest BCUT2D eigenvalue weighted by atomic mass is 10.0. The standard InChI is InChI=1S/C19H29FN2O2/c1-21(2)9-11-23-14-16-5-8-18-19(16)24-12-10-22(18)13-15-3-6-17(20)7-4-15/h3-4,6-7,16,18-19H,5,8-14H2,1-2H3/t16-,18+,19-/m0/s1. The lowest BCUT2D eigenvalue weighted by Gasteiger charge is -2.39. The normalized spacial score (nSPS) is 27.6. The Morgan fingerprint density at radius 3 is 2.79 bits per heavy atom. The fourth-order valence-electron chi connectivity index (χ4n) is 3.82. The van der Waals surface area contributed by atoms with Gasteiger partial charge in [0.15, 0.2) is 0 Å². The molecule has 1 aromatic carbocycles. The molecule has 0 amide bonds. The molecule has 0 N–H and O–H groups in total. The molecule has 1 saturated heterocycles. The Kier molecular flexibility index (Phi) is 6.22. The molecule has 3 rings (SSSR count). The summed E-state index contributed by atoms with van der Waals surface area (Å²) < 4.78 is 25.0. The number of nitrogens with zero attached hydrogens (tertiary/aromatic N) is 2. The fraction of sp³-hybridized carbons (Fsp3) is 0.684. The van der Waals surface area contributed by atoms with Crippen LogP contribution in [-0.2, 0) is 16.0 Å². The van der Waals surface area contributed by atoms with Crippen LogP contribution < -0.4 is 0 Å². The molecule has 0 spiro atoms. The highest BCUT2D eigenvalue weighted by Crippen LogP contribution is 2.35. The molecule has 1 aromatic rings. The highest BCUT2D eigenvalue weighted by molar-refractivity contribution is 5.16. The average Bonchev–Trinajstić information content (AvgIpc) is 2.98. The van der Waals surface area contributed by atoms with Crippen molar-refractivity contribution >= 4 is 0 Å². The molecule has 1 heterocycles. The third-order valence-corrected chi connectivity index (χ3v) is 5.15. The monoisotopic (exact) mass is 336 g/mol. The Morgan fingerprint density at radius 2 is 2.04 bits per heavy atom. The number of hydrogen-bond acceptors (Lipinski definition) is 4. The summed E-state index contributed by atoms with van der Waals surface area (Å²) in [4.78, 5) is 4.64. The summed E-state index contributed by atoms with van der Waals surface area (Å²) in [6.07, 6.45) is 2.60. The summed E-state index contributed by atoms with van der Waals surface area (Å²) in [7, 11) is 4.12. The van der Waals surface area contributed by atoms with Crippen LogP contribution in [0.25, 0.3) is 0 Å². The minimum atomic E-state index is -0.172. The van der Waals surface area contributed by atoms with E-state index in [1.165, 1.54) is 5.56 Å². The van der Waals surface area contributed by atoms with Gasteiger partial charge in [0.05, 0.1) is 25.9 Å². The van der Waals surface area contributed by atoms with Crippen LogP contribution in [0.15, 0.2) is 24.3 Å². The molecule has 1 aliphatic carbocycles. The summed E-state index contributed by atoms with van der Waals surface area (Å²) in [5, 5.41) is 0. The Balaban J connectivity index is 1.52. The number of benzene rings is 1. The zero-order valence-electron chi connectivity index (χ0n) is 14.8. The van der Waals surface area contributed by atoms with Gasteiger partial charge in [0, 0.05) is 31.6 Å². The van der Waals surface area contributed by atoms with E-state index in [1.807, 2.05) is 12.1 Å². The van der Waals surface area contributed by atoms with E-state index in [2.05, 4.69) is 23.9 Å². The van der Waals surface area contributed by atoms with Gasteiger partial charge in [-0.05, 0) is 44.6 Å². The van der Waals surface area contributed by atoms with E-state index < -0.39 is 0 Å². The maximum Gasteiger partial charge on any atom is 0.123 e. The number of ether oxygens (including phenoxy) is 2. The van der Waals surface area contributed by atoms with Crippen molar-refractivity contribution in [1.29, 1.82) is 0 Å². The first-order valence-electron chi connectivity index (χ1n) is 8.96. The maximum absolute atomic E-state index is 13.1. The van der Waals surface area contributed by atoms with E-state index in [1.54, 1.807) is 12.1 Å². The molecular weight excluding hydrogens is 307 g/mol. The summed E-state index contributed by atoms with van der Waals surface area (Å²) in [6, 6.07) is 7.33. The summed E-state index contributed by atoms with van der Waals surface area (Å²) in [5.74, 6) is 0.322. The predicted molar refractivity (Wildman–Crippen MR) is 92.4 cm³/mol. The molecule has 3 atom stereocenters. The van der Waals surface area contributed by atoms with Gasteiger partial charge >= 0.3 is 0 Å². The molecule has 5 heteroatoms. The van der Waals surface area contributed by atoms with Crippen LogP contribution in [0.3, 0.4) is 0 Å². The Bertz CT molecular complexity index is 509. The summed E-state index contributed by atoms with van der Waals surface area (Å²) >= 11 is 0. The van der Waals surface area contributed by atoms with Crippen LogP contribution in [-0.4, -0.2) is 69.0 Å². The molecule has 1 saturated carbocycles. The molecular formula is C19H29FN2O2. The lowest BCUT2D eigenvalue weighted by Crippen LogP contribution is -2.50. The van der Waals surface area contributed by atoms with Crippen LogP contribution in [0.5, 0.6) is 0 Å². The molecule has 1 aliphatic heterocycles. The zero-order valence-corrected chi connectivity index (χ0v) is 14.8. The van der Waals surface area contributed by atoms with Crippen molar-refractivity contribution in [3.05, 3.63) is 35.6 Å². The third-order valence-electron chi connectivity index (χ3n) is 5.15. The van der Waals surface area contributed by atoms with Gasteiger partial charge in [-0.2, -0.15) is 0 Å². The van der Waals surface area contributed by atoms with Gasteiger partial charge in [0.2, 0.25) is 0 Å². The second-order valence-electron chi connectivity index (χ2n) is 7.22. The van der Waals surface area contributed by atoms with Gasteiger partial charge in [0.1, 0.15) is 5.82 Å². The average molecular weight is 336 g/mol. The highest BCUT2D eigenvalue weighted by Gasteiger charge is 2.42. The Morgan fingerprint density at radius 1 is 1.25 bits per heavy atom. The number of hydrogen-bond donors (Lipinski definition) is 0. The van der Waals surface area contributed by atoms with Gasteiger partial charge < -0.3 is 14.4 Å². The predicted octanol–water partition coefficient (Wildman–Crippen LogP) is 2.38. The Hall–Kier alpha value is -1.01. The van der Waals surface area contributed by atoms with Crippen LogP contribution in [0, 0.1) is 11.7 Å². The number of likely N-dealkylation sites (N-methyl/N-ethyl adjacent to an activating group) is 1. The first kappa shape index (κ1) is 17.8. The van der Waals surface area contributed by atoms with Crippen LogP contribution >= 0.6 is 0 Å². The van der Waals surface area contributed by atoms with Crippen LogP contribution in [0.4, 0.5) is 4.39 Å². The van der Waals surface area contributed by atoms with Crippen molar-refractivity contribution < 1.29 is 13.9 Å². The quantitative estimate of drug-likeness (QED) is 0.714. The van der Waals surface area contributed by atoms with Gasteiger partial charge in [-0.15, -0.1) is 0 Å². The number of rotatable bonds is 7. The highest BCUT2D eigenvalue weighted by atomic mass is 19.1. The number of fused-ring (bicyclic) bond motifs is 1. The molecule has 0 radical (unpaired) electrons. The molecule has 134 valence electrons. The molecule has 2 aliphatic rings. The van der Waals surface area contributed by atoms with Crippen molar-refractivity contribution in [2.45, 2.75) is 31.5 Å². The smallest absolute Gasteiger partial charge is 0.123 e. The van der Waals surface area contributed by atoms with Crippen molar-refractivity contribution in [3.8, 4) is 0 Å². The van der Waals surface area contributed by atoms with E-state index in [4.69, 9.17) is 9.47 Å². The minimum Gasteiger partial charge on any atom is -0.380 e.